The Bertz CT molecular complexity index is 1000. The van der Waals surface area contributed by atoms with Crippen LogP contribution in [0.25, 0.3) is 10.8 Å². The maximum Gasteiger partial charge on any atom is 0.276 e. The van der Waals surface area contributed by atoms with Gasteiger partial charge < -0.3 is 10.6 Å². The molecule has 0 radical (unpaired) electrons. The minimum atomic E-state index is -0.303. The number of hydrogen-bond donors (Lipinski definition) is 2. The number of amides is 2. The van der Waals surface area contributed by atoms with Crippen molar-refractivity contribution >= 4 is 34.1 Å². The first kappa shape index (κ1) is 17.3. The van der Waals surface area contributed by atoms with Crippen LogP contribution in [0.4, 0.5) is 11.5 Å². The minimum Gasteiger partial charge on any atom is -0.321 e. The van der Waals surface area contributed by atoms with E-state index in [4.69, 9.17) is 0 Å². The van der Waals surface area contributed by atoms with Gasteiger partial charge in [0.2, 0.25) is 5.91 Å². The first-order valence-corrected chi connectivity index (χ1v) is 9.25. The first-order valence-electron chi connectivity index (χ1n) is 9.25. The number of nitrogens with zero attached hydrogens (tertiary/aromatic N) is 2. The Labute approximate surface area is 157 Å². The lowest BCUT2D eigenvalue weighted by Crippen LogP contribution is -2.21. The van der Waals surface area contributed by atoms with Gasteiger partial charge in [0.1, 0.15) is 5.82 Å². The third-order valence-corrected chi connectivity index (χ3v) is 5.10. The van der Waals surface area contributed by atoms with Crippen molar-refractivity contribution in [1.82, 2.24) is 9.78 Å². The van der Waals surface area contributed by atoms with Crippen molar-refractivity contribution in [3.8, 4) is 0 Å². The quantitative estimate of drug-likeness (QED) is 0.738. The lowest BCUT2D eigenvalue weighted by molar-refractivity contribution is -0.119. The summed E-state index contributed by atoms with van der Waals surface area (Å²) in [6.45, 7) is 0. The van der Waals surface area contributed by atoms with E-state index in [2.05, 4.69) is 15.7 Å². The van der Waals surface area contributed by atoms with Gasteiger partial charge in [-0.15, -0.1) is 0 Å². The highest BCUT2D eigenvalue weighted by atomic mass is 16.2. The fourth-order valence-corrected chi connectivity index (χ4v) is 3.57. The standard InChI is InChI=1S/C21H22N4O2/c1-25-19(23-20(26)15-7-3-4-8-15)13-18(24-25)21(27)22-17-11-10-14-6-2-5-9-16(14)12-17/h2,5-6,9-13,15H,3-4,7-8H2,1H3,(H,22,27)(H,23,26). The molecule has 0 spiro atoms. The molecule has 6 nitrogen and oxygen atoms in total. The second-order valence-corrected chi connectivity index (χ2v) is 7.03. The molecule has 0 unspecified atom stereocenters. The summed E-state index contributed by atoms with van der Waals surface area (Å²) in [5.74, 6) is 0.310. The summed E-state index contributed by atoms with van der Waals surface area (Å²) in [5.41, 5.74) is 0.980. The van der Waals surface area contributed by atoms with Crippen molar-refractivity contribution in [1.29, 1.82) is 0 Å². The van der Waals surface area contributed by atoms with Gasteiger partial charge in [0, 0.05) is 24.7 Å². The number of rotatable bonds is 4. The molecule has 4 rings (SSSR count). The van der Waals surface area contributed by atoms with E-state index >= 15 is 0 Å². The molecule has 3 aromatic rings. The van der Waals surface area contributed by atoms with Crippen molar-refractivity contribution in [3.05, 3.63) is 54.2 Å². The molecule has 27 heavy (non-hydrogen) atoms. The number of fused-ring (bicyclic) bond motifs is 1. The van der Waals surface area contributed by atoms with Crippen molar-refractivity contribution < 1.29 is 9.59 Å². The normalized spacial score (nSPS) is 14.4. The molecule has 1 aliphatic rings. The molecular formula is C21H22N4O2. The number of benzene rings is 2. The lowest BCUT2D eigenvalue weighted by atomic mass is 10.1. The number of carbonyl (C=O) groups is 2. The molecule has 1 fully saturated rings. The second kappa shape index (κ2) is 7.23. The third kappa shape index (κ3) is 3.69. The van der Waals surface area contributed by atoms with Crippen LogP contribution in [0.5, 0.6) is 0 Å². The molecule has 1 saturated carbocycles. The minimum absolute atomic E-state index is 0.0111. The summed E-state index contributed by atoms with van der Waals surface area (Å²) in [6, 6.07) is 15.4. The average Bonchev–Trinajstić information content (AvgIpc) is 3.32. The van der Waals surface area contributed by atoms with Gasteiger partial charge in [-0.1, -0.05) is 43.2 Å². The van der Waals surface area contributed by atoms with E-state index in [1.165, 1.54) is 4.68 Å². The van der Waals surface area contributed by atoms with E-state index in [1.807, 2.05) is 42.5 Å². The molecule has 2 N–H and O–H groups in total. The topological polar surface area (TPSA) is 76.0 Å². The molecule has 138 valence electrons. The lowest BCUT2D eigenvalue weighted by Gasteiger charge is -2.09. The monoisotopic (exact) mass is 362 g/mol. The van der Waals surface area contributed by atoms with Gasteiger partial charge in [-0.2, -0.15) is 5.10 Å². The van der Waals surface area contributed by atoms with Gasteiger partial charge in [-0.3, -0.25) is 14.3 Å². The zero-order chi connectivity index (χ0) is 18.8. The molecule has 0 bridgehead atoms. The zero-order valence-electron chi connectivity index (χ0n) is 15.2. The van der Waals surface area contributed by atoms with E-state index in [9.17, 15) is 9.59 Å². The Morgan fingerprint density at radius 2 is 1.74 bits per heavy atom. The Kier molecular flexibility index (Phi) is 4.62. The van der Waals surface area contributed by atoms with Crippen LogP contribution >= 0.6 is 0 Å². The Morgan fingerprint density at radius 3 is 2.52 bits per heavy atom. The van der Waals surface area contributed by atoms with Crippen LogP contribution in [0.15, 0.2) is 48.5 Å². The summed E-state index contributed by atoms with van der Waals surface area (Å²) < 4.78 is 1.53. The maximum absolute atomic E-state index is 12.6. The van der Waals surface area contributed by atoms with Gasteiger partial charge >= 0.3 is 0 Å². The van der Waals surface area contributed by atoms with E-state index in [0.29, 0.717) is 11.5 Å². The Balaban J connectivity index is 1.47. The summed E-state index contributed by atoms with van der Waals surface area (Å²) in [6.07, 6.45) is 4.06. The summed E-state index contributed by atoms with van der Waals surface area (Å²) in [4.78, 5) is 24.9. The molecule has 0 saturated heterocycles. The Morgan fingerprint density at radius 1 is 1.00 bits per heavy atom. The van der Waals surface area contributed by atoms with E-state index in [0.717, 1.165) is 36.5 Å². The number of carbonyl (C=O) groups excluding carboxylic acids is 2. The number of hydrogen-bond acceptors (Lipinski definition) is 3. The SMILES string of the molecule is Cn1nc(C(=O)Nc2ccc3ccccc3c2)cc1NC(=O)C1CCCC1. The molecule has 1 aliphatic carbocycles. The average molecular weight is 362 g/mol. The van der Waals surface area contributed by atoms with Crippen molar-refractivity contribution in [2.75, 3.05) is 10.6 Å². The van der Waals surface area contributed by atoms with E-state index in [-0.39, 0.29) is 23.4 Å². The maximum atomic E-state index is 12.6. The first-order chi connectivity index (χ1) is 13.1. The number of aryl methyl sites for hydroxylation is 1. The number of nitrogens with one attached hydrogen (secondary N) is 2. The van der Waals surface area contributed by atoms with Gasteiger partial charge in [0.15, 0.2) is 5.69 Å². The fraction of sp³-hybridized carbons (Fsp3) is 0.286. The molecule has 0 atom stereocenters. The molecule has 1 heterocycles. The van der Waals surface area contributed by atoms with Gasteiger partial charge in [0.25, 0.3) is 5.91 Å². The van der Waals surface area contributed by atoms with Crippen LogP contribution in [0, 0.1) is 5.92 Å². The number of anilines is 2. The van der Waals surface area contributed by atoms with E-state index < -0.39 is 0 Å². The van der Waals surface area contributed by atoms with Gasteiger partial charge in [0.05, 0.1) is 0 Å². The molecule has 2 aromatic carbocycles. The molecule has 2 amide bonds. The van der Waals surface area contributed by atoms with Gasteiger partial charge in [-0.05, 0) is 35.7 Å². The largest absolute Gasteiger partial charge is 0.321 e. The van der Waals surface area contributed by atoms with Crippen molar-refractivity contribution in [2.24, 2.45) is 13.0 Å². The summed E-state index contributed by atoms with van der Waals surface area (Å²) in [5, 5.41) is 12.2. The zero-order valence-corrected chi connectivity index (χ0v) is 15.2. The predicted octanol–water partition coefficient (Wildman–Crippen LogP) is 3.95. The number of aromatic nitrogens is 2. The molecule has 1 aromatic heterocycles. The molecule has 6 heteroatoms. The van der Waals surface area contributed by atoms with Crippen molar-refractivity contribution in [2.45, 2.75) is 25.7 Å². The predicted molar refractivity (Wildman–Crippen MR) is 106 cm³/mol. The van der Waals surface area contributed by atoms with Crippen molar-refractivity contribution in [3.63, 3.8) is 0 Å². The summed E-state index contributed by atoms with van der Waals surface area (Å²) in [7, 11) is 1.72. The second-order valence-electron chi connectivity index (χ2n) is 7.03. The smallest absolute Gasteiger partial charge is 0.276 e. The summed E-state index contributed by atoms with van der Waals surface area (Å²) >= 11 is 0. The fourth-order valence-electron chi connectivity index (χ4n) is 3.57. The van der Waals surface area contributed by atoms with E-state index in [1.54, 1.807) is 13.1 Å². The van der Waals surface area contributed by atoms with Gasteiger partial charge in [-0.25, -0.2) is 0 Å². The Hall–Kier alpha value is -3.15. The third-order valence-electron chi connectivity index (χ3n) is 5.10. The van der Waals surface area contributed by atoms with Crippen LogP contribution < -0.4 is 10.6 Å². The molecule has 0 aliphatic heterocycles. The highest BCUT2D eigenvalue weighted by molar-refractivity contribution is 6.05. The van der Waals surface area contributed by atoms with Crippen LogP contribution in [0.1, 0.15) is 36.2 Å². The highest BCUT2D eigenvalue weighted by Gasteiger charge is 2.24. The van der Waals surface area contributed by atoms with Crippen LogP contribution in [0.3, 0.4) is 0 Å². The van der Waals surface area contributed by atoms with Crippen LogP contribution in [-0.2, 0) is 11.8 Å². The van der Waals surface area contributed by atoms with Crippen LogP contribution in [0.2, 0.25) is 0 Å². The molecular weight excluding hydrogens is 340 g/mol. The van der Waals surface area contributed by atoms with Crippen LogP contribution in [-0.4, -0.2) is 21.6 Å². The highest BCUT2D eigenvalue weighted by Crippen LogP contribution is 2.26.